The first-order chi connectivity index (χ1) is 10.4. The summed E-state index contributed by atoms with van der Waals surface area (Å²) in [6.07, 6.45) is 2.94. The van der Waals surface area contributed by atoms with Crippen molar-refractivity contribution in [1.82, 2.24) is 14.8 Å². The van der Waals surface area contributed by atoms with Crippen LogP contribution in [0.25, 0.3) is 0 Å². The van der Waals surface area contributed by atoms with Crippen LogP contribution in [0.5, 0.6) is 0 Å². The molecule has 1 atom stereocenters. The minimum Gasteiger partial charge on any atom is -0.338 e. The topological polar surface area (TPSA) is 53.5 Å². The van der Waals surface area contributed by atoms with Crippen molar-refractivity contribution < 1.29 is 9.59 Å². The van der Waals surface area contributed by atoms with Crippen LogP contribution in [0.15, 0.2) is 18.3 Å². The molecule has 1 fully saturated rings. The van der Waals surface area contributed by atoms with Gasteiger partial charge in [0.15, 0.2) is 0 Å². The van der Waals surface area contributed by atoms with Crippen molar-refractivity contribution in [2.45, 2.75) is 45.7 Å². The van der Waals surface area contributed by atoms with E-state index in [2.05, 4.69) is 4.98 Å². The molecule has 5 heteroatoms. The van der Waals surface area contributed by atoms with Crippen LogP contribution in [0, 0.1) is 5.92 Å². The van der Waals surface area contributed by atoms with Crippen molar-refractivity contribution in [1.29, 1.82) is 0 Å². The Morgan fingerprint density at radius 3 is 2.82 bits per heavy atom. The van der Waals surface area contributed by atoms with E-state index in [-0.39, 0.29) is 23.3 Å². The summed E-state index contributed by atoms with van der Waals surface area (Å²) < 4.78 is 0. The summed E-state index contributed by atoms with van der Waals surface area (Å²) >= 11 is 0. The van der Waals surface area contributed by atoms with Gasteiger partial charge in [-0.2, -0.15) is 0 Å². The highest BCUT2D eigenvalue weighted by Gasteiger charge is 2.41. The summed E-state index contributed by atoms with van der Waals surface area (Å²) in [5, 5.41) is 0. The number of nitrogens with zero attached hydrogens (tertiary/aromatic N) is 3. The van der Waals surface area contributed by atoms with Gasteiger partial charge in [0, 0.05) is 49.9 Å². The number of rotatable bonds is 1. The second-order valence-corrected chi connectivity index (χ2v) is 7.20. The lowest BCUT2D eigenvalue weighted by atomic mass is 10.0. The maximum absolute atomic E-state index is 12.8. The fraction of sp³-hybridized carbons (Fsp3) is 0.588. The molecule has 1 saturated heterocycles. The summed E-state index contributed by atoms with van der Waals surface area (Å²) in [5.41, 5.74) is 1.99. The molecule has 2 aliphatic heterocycles. The quantitative estimate of drug-likeness (QED) is 0.792. The van der Waals surface area contributed by atoms with Crippen LogP contribution in [0.1, 0.15) is 38.4 Å². The van der Waals surface area contributed by atoms with E-state index in [1.54, 1.807) is 6.20 Å². The lowest BCUT2D eigenvalue weighted by molar-refractivity contribution is -0.136. The van der Waals surface area contributed by atoms with Crippen LogP contribution in [0.3, 0.4) is 0 Å². The van der Waals surface area contributed by atoms with Crippen molar-refractivity contribution in [2.24, 2.45) is 5.92 Å². The number of pyridine rings is 1. The first kappa shape index (κ1) is 15.0. The normalized spacial score (nSPS) is 22.0. The Morgan fingerprint density at radius 1 is 1.36 bits per heavy atom. The van der Waals surface area contributed by atoms with Crippen LogP contribution >= 0.6 is 0 Å². The van der Waals surface area contributed by atoms with Gasteiger partial charge in [-0.3, -0.25) is 14.6 Å². The van der Waals surface area contributed by atoms with Gasteiger partial charge >= 0.3 is 0 Å². The predicted molar refractivity (Wildman–Crippen MR) is 82.9 cm³/mol. The second-order valence-electron chi connectivity index (χ2n) is 7.20. The summed E-state index contributed by atoms with van der Waals surface area (Å²) in [6, 6.07) is 3.94. The molecule has 118 valence electrons. The summed E-state index contributed by atoms with van der Waals surface area (Å²) in [6.45, 7) is 7.89. The number of hydrogen-bond acceptors (Lipinski definition) is 3. The molecule has 3 heterocycles. The van der Waals surface area contributed by atoms with Gasteiger partial charge in [-0.15, -0.1) is 0 Å². The van der Waals surface area contributed by atoms with E-state index in [1.165, 1.54) is 0 Å². The fourth-order valence-electron chi connectivity index (χ4n) is 3.33. The summed E-state index contributed by atoms with van der Waals surface area (Å²) in [4.78, 5) is 33.0. The molecule has 22 heavy (non-hydrogen) atoms. The number of likely N-dealkylation sites (tertiary alicyclic amines) is 1. The monoisotopic (exact) mass is 301 g/mol. The van der Waals surface area contributed by atoms with Gasteiger partial charge in [0.05, 0.1) is 5.92 Å². The van der Waals surface area contributed by atoms with Gasteiger partial charge < -0.3 is 9.80 Å². The van der Waals surface area contributed by atoms with Gasteiger partial charge in [0.25, 0.3) is 0 Å². The molecule has 1 aromatic rings. The zero-order chi connectivity index (χ0) is 15.9. The van der Waals surface area contributed by atoms with Crippen LogP contribution < -0.4 is 0 Å². The Bertz CT molecular complexity index is 606. The van der Waals surface area contributed by atoms with Gasteiger partial charge in [-0.1, -0.05) is 6.07 Å². The van der Waals surface area contributed by atoms with E-state index in [9.17, 15) is 9.59 Å². The Labute approximate surface area is 131 Å². The molecule has 0 N–H and O–H groups in total. The highest BCUT2D eigenvalue weighted by molar-refractivity contribution is 5.89. The highest BCUT2D eigenvalue weighted by atomic mass is 16.2. The molecule has 2 aliphatic rings. The Morgan fingerprint density at radius 2 is 2.14 bits per heavy atom. The van der Waals surface area contributed by atoms with E-state index in [1.807, 2.05) is 42.7 Å². The van der Waals surface area contributed by atoms with Gasteiger partial charge in [0.1, 0.15) is 0 Å². The molecular weight excluding hydrogens is 278 g/mol. The maximum Gasteiger partial charge on any atom is 0.228 e. The molecule has 0 aliphatic carbocycles. The molecule has 1 aromatic heterocycles. The molecular formula is C17H23N3O2. The van der Waals surface area contributed by atoms with Crippen molar-refractivity contribution >= 4 is 11.8 Å². The number of hydrogen-bond donors (Lipinski definition) is 0. The average Bonchev–Trinajstić information content (AvgIpc) is 2.88. The van der Waals surface area contributed by atoms with E-state index in [0.717, 1.165) is 17.7 Å². The smallest absolute Gasteiger partial charge is 0.228 e. The van der Waals surface area contributed by atoms with Crippen molar-refractivity contribution in [3.05, 3.63) is 29.6 Å². The molecule has 0 spiro atoms. The van der Waals surface area contributed by atoms with Crippen molar-refractivity contribution in [3.63, 3.8) is 0 Å². The Balaban J connectivity index is 1.70. The second kappa shape index (κ2) is 5.38. The third-order valence-corrected chi connectivity index (χ3v) is 4.56. The number of amides is 2. The Hall–Kier alpha value is -1.91. The lowest BCUT2D eigenvalue weighted by Gasteiger charge is -2.33. The third kappa shape index (κ3) is 2.72. The molecule has 0 unspecified atom stereocenters. The van der Waals surface area contributed by atoms with E-state index >= 15 is 0 Å². The van der Waals surface area contributed by atoms with Crippen LogP contribution in [0.4, 0.5) is 0 Å². The minimum atomic E-state index is -0.218. The molecule has 3 rings (SSSR count). The first-order valence-electron chi connectivity index (χ1n) is 7.88. The fourth-order valence-corrected chi connectivity index (χ4v) is 3.33. The predicted octanol–water partition coefficient (Wildman–Crippen LogP) is 1.61. The van der Waals surface area contributed by atoms with Gasteiger partial charge in [-0.25, -0.2) is 0 Å². The molecule has 0 saturated carbocycles. The van der Waals surface area contributed by atoms with E-state index < -0.39 is 0 Å². The zero-order valence-electron chi connectivity index (χ0n) is 13.5. The minimum absolute atomic E-state index is 0.0879. The van der Waals surface area contributed by atoms with E-state index in [4.69, 9.17) is 0 Å². The lowest BCUT2D eigenvalue weighted by Crippen LogP contribution is -2.44. The van der Waals surface area contributed by atoms with Crippen molar-refractivity contribution in [3.8, 4) is 0 Å². The first-order valence-corrected chi connectivity index (χ1v) is 7.88. The Kier molecular flexibility index (Phi) is 3.67. The molecule has 2 amide bonds. The van der Waals surface area contributed by atoms with Crippen LogP contribution in [-0.2, 0) is 22.6 Å². The largest absolute Gasteiger partial charge is 0.338 e. The third-order valence-electron chi connectivity index (χ3n) is 4.56. The molecule has 0 bridgehead atoms. The summed E-state index contributed by atoms with van der Waals surface area (Å²) in [5.74, 6) is -0.00974. The molecule has 0 radical (unpaired) electrons. The van der Waals surface area contributed by atoms with Gasteiger partial charge in [0.2, 0.25) is 11.8 Å². The number of aromatic nitrogens is 1. The maximum atomic E-state index is 12.8. The summed E-state index contributed by atoms with van der Waals surface area (Å²) in [7, 11) is 0. The standard InChI is InChI=1S/C17H23N3O2/c1-17(2,3)20-11-13(9-15(20)21)16(22)19-8-6-14-12(10-19)5-4-7-18-14/h4-5,7,13H,6,8-11H2,1-3H3/t13-/m0/s1. The molecule has 5 nitrogen and oxygen atoms in total. The highest BCUT2D eigenvalue weighted by Crippen LogP contribution is 2.28. The van der Waals surface area contributed by atoms with Crippen LogP contribution in [-0.4, -0.2) is 45.2 Å². The average molecular weight is 301 g/mol. The number of carbonyl (C=O) groups is 2. The van der Waals surface area contributed by atoms with Gasteiger partial charge in [-0.05, 0) is 32.4 Å². The SMILES string of the molecule is CC(C)(C)N1C[C@@H](C(=O)N2CCc3ncccc3C2)CC1=O. The number of fused-ring (bicyclic) bond motifs is 1. The zero-order valence-corrected chi connectivity index (χ0v) is 13.5. The molecule has 0 aromatic carbocycles. The van der Waals surface area contributed by atoms with Crippen LogP contribution in [0.2, 0.25) is 0 Å². The number of carbonyl (C=O) groups excluding carboxylic acids is 2. The van der Waals surface area contributed by atoms with Crippen molar-refractivity contribution in [2.75, 3.05) is 13.1 Å². The van der Waals surface area contributed by atoms with E-state index in [0.29, 0.717) is 26.1 Å².